The highest BCUT2D eigenvalue weighted by atomic mass is 16.5. The number of nitrogens with zero attached hydrogens (tertiary/aromatic N) is 2. The second-order valence-electron chi connectivity index (χ2n) is 10.6. The molecule has 0 atom stereocenters. The number of unbranched alkanes of at least 4 members (excludes halogenated alkanes) is 3. The number of methoxy groups -OCH3 is 1. The van der Waals surface area contributed by atoms with E-state index in [0.717, 1.165) is 80.1 Å². The van der Waals surface area contributed by atoms with Gasteiger partial charge in [-0.15, -0.1) is 0 Å². The molecule has 1 heterocycles. The predicted octanol–water partition coefficient (Wildman–Crippen LogP) is 7.10. The molecule has 3 aromatic carbocycles. The largest absolute Gasteiger partial charge is 0.497 e. The third kappa shape index (κ3) is 8.35. The highest BCUT2D eigenvalue weighted by molar-refractivity contribution is 5.78. The van der Waals surface area contributed by atoms with Crippen molar-refractivity contribution in [2.45, 2.75) is 71.3 Å². The Labute approximate surface area is 238 Å². The van der Waals surface area contributed by atoms with Crippen molar-refractivity contribution in [3.8, 4) is 11.5 Å². The summed E-state index contributed by atoms with van der Waals surface area (Å²) < 4.78 is 13.7. The van der Waals surface area contributed by atoms with Crippen molar-refractivity contribution in [1.29, 1.82) is 0 Å². The molecule has 0 spiro atoms. The molecule has 0 unspecified atom stereocenters. The van der Waals surface area contributed by atoms with Gasteiger partial charge in [0, 0.05) is 19.5 Å². The lowest BCUT2D eigenvalue weighted by Gasteiger charge is -2.14. The van der Waals surface area contributed by atoms with Crippen LogP contribution in [-0.4, -0.2) is 35.7 Å². The van der Waals surface area contributed by atoms with Crippen LogP contribution < -0.4 is 14.8 Å². The van der Waals surface area contributed by atoms with Crippen LogP contribution in [0.25, 0.3) is 11.0 Å². The summed E-state index contributed by atoms with van der Waals surface area (Å²) in [6, 6.07) is 24.4. The summed E-state index contributed by atoms with van der Waals surface area (Å²) in [5, 5.41) is 3.05. The molecule has 6 nitrogen and oxygen atoms in total. The Morgan fingerprint density at radius 1 is 0.900 bits per heavy atom. The zero-order valence-corrected chi connectivity index (χ0v) is 24.2. The van der Waals surface area contributed by atoms with Gasteiger partial charge < -0.3 is 19.4 Å². The SMILES string of the molecule is COc1ccc(CC(=O)NCCCCCc2nc3ccccc3n2CCCCOc2ccccc2C(C)C)cc1. The molecular weight excluding hydrogens is 498 g/mol. The fourth-order valence-corrected chi connectivity index (χ4v) is 5.01. The quantitative estimate of drug-likeness (QED) is 0.154. The van der Waals surface area contributed by atoms with Crippen molar-refractivity contribution >= 4 is 16.9 Å². The number of aryl methyl sites for hydroxylation is 2. The van der Waals surface area contributed by atoms with Gasteiger partial charge in [0.15, 0.2) is 0 Å². The second-order valence-corrected chi connectivity index (χ2v) is 10.6. The standard InChI is InChI=1S/C34H43N3O3/c1-26(2)29-13-6-9-16-32(29)40-24-12-11-23-37-31-15-8-7-14-30(31)36-33(37)17-5-4-10-22-35-34(38)25-27-18-20-28(39-3)21-19-27/h6-9,13-16,18-21,26H,4-5,10-12,17,22-25H2,1-3H3,(H,35,38). The van der Waals surface area contributed by atoms with Gasteiger partial charge in [-0.05, 0) is 73.1 Å². The maximum absolute atomic E-state index is 12.3. The van der Waals surface area contributed by atoms with E-state index in [1.54, 1.807) is 7.11 Å². The Morgan fingerprint density at radius 3 is 2.48 bits per heavy atom. The number of hydrogen-bond acceptors (Lipinski definition) is 4. The summed E-state index contributed by atoms with van der Waals surface area (Å²) >= 11 is 0. The van der Waals surface area contributed by atoms with Gasteiger partial charge >= 0.3 is 0 Å². The average Bonchev–Trinajstić information content (AvgIpc) is 3.32. The number of carbonyl (C=O) groups excluding carboxylic acids is 1. The van der Waals surface area contributed by atoms with Crippen molar-refractivity contribution < 1.29 is 14.3 Å². The number of ether oxygens (including phenoxy) is 2. The van der Waals surface area contributed by atoms with E-state index in [2.05, 4.69) is 66.2 Å². The van der Waals surface area contributed by atoms with Crippen LogP contribution in [0, 0.1) is 0 Å². The van der Waals surface area contributed by atoms with E-state index < -0.39 is 0 Å². The van der Waals surface area contributed by atoms with Gasteiger partial charge in [0.1, 0.15) is 17.3 Å². The van der Waals surface area contributed by atoms with Gasteiger partial charge in [-0.2, -0.15) is 0 Å². The first kappa shape index (κ1) is 29.2. The molecule has 0 saturated heterocycles. The molecule has 4 aromatic rings. The van der Waals surface area contributed by atoms with Crippen molar-refractivity contribution in [3.63, 3.8) is 0 Å². The lowest BCUT2D eigenvalue weighted by molar-refractivity contribution is -0.120. The first-order valence-corrected chi connectivity index (χ1v) is 14.6. The molecule has 1 amide bonds. The van der Waals surface area contributed by atoms with E-state index >= 15 is 0 Å². The fourth-order valence-electron chi connectivity index (χ4n) is 5.01. The lowest BCUT2D eigenvalue weighted by atomic mass is 10.0. The highest BCUT2D eigenvalue weighted by Crippen LogP contribution is 2.26. The van der Waals surface area contributed by atoms with Crippen LogP contribution in [-0.2, 0) is 24.2 Å². The Balaban J connectivity index is 1.19. The first-order valence-electron chi connectivity index (χ1n) is 14.6. The summed E-state index contributed by atoms with van der Waals surface area (Å²) in [4.78, 5) is 17.2. The number of rotatable bonds is 16. The molecule has 1 aromatic heterocycles. The Bertz CT molecular complexity index is 1340. The van der Waals surface area contributed by atoms with E-state index in [1.807, 2.05) is 30.3 Å². The fraction of sp³-hybridized carbons (Fsp3) is 0.412. The van der Waals surface area contributed by atoms with Crippen molar-refractivity contribution in [2.75, 3.05) is 20.3 Å². The lowest BCUT2D eigenvalue weighted by Crippen LogP contribution is -2.26. The average molecular weight is 542 g/mol. The smallest absolute Gasteiger partial charge is 0.224 e. The third-order valence-electron chi connectivity index (χ3n) is 7.23. The van der Waals surface area contributed by atoms with E-state index in [4.69, 9.17) is 14.5 Å². The third-order valence-corrected chi connectivity index (χ3v) is 7.23. The summed E-state index contributed by atoms with van der Waals surface area (Å²) in [5.41, 5.74) is 4.52. The van der Waals surface area contributed by atoms with Crippen LogP contribution in [0.5, 0.6) is 11.5 Å². The zero-order chi connectivity index (χ0) is 28.2. The maximum atomic E-state index is 12.3. The summed E-state index contributed by atoms with van der Waals surface area (Å²) in [7, 11) is 1.64. The normalized spacial score (nSPS) is 11.2. The minimum absolute atomic E-state index is 0.0589. The van der Waals surface area contributed by atoms with Crippen molar-refractivity contribution in [1.82, 2.24) is 14.9 Å². The minimum Gasteiger partial charge on any atom is -0.497 e. The molecule has 0 saturated carbocycles. The van der Waals surface area contributed by atoms with Gasteiger partial charge in [0.2, 0.25) is 5.91 Å². The van der Waals surface area contributed by atoms with E-state index in [-0.39, 0.29) is 5.91 Å². The van der Waals surface area contributed by atoms with Gasteiger partial charge in [-0.1, -0.05) is 62.7 Å². The predicted molar refractivity (Wildman–Crippen MR) is 162 cm³/mol. The van der Waals surface area contributed by atoms with Gasteiger partial charge in [0.25, 0.3) is 0 Å². The number of nitrogens with one attached hydrogen (secondary N) is 1. The molecule has 0 fully saturated rings. The van der Waals surface area contributed by atoms with Crippen molar-refractivity contribution in [2.24, 2.45) is 0 Å². The molecule has 0 bridgehead atoms. The Hall–Kier alpha value is -3.80. The summed E-state index contributed by atoms with van der Waals surface area (Å²) in [5.74, 6) is 3.46. The summed E-state index contributed by atoms with van der Waals surface area (Å²) in [6.45, 7) is 6.76. The van der Waals surface area contributed by atoms with Crippen LogP contribution in [0.2, 0.25) is 0 Å². The van der Waals surface area contributed by atoms with E-state index in [1.165, 1.54) is 11.1 Å². The van der Waals surface area contributed by atoms with E-state index in [0.29, 0.717) is 18.9 Å². The summed E-state index contributed by atoms with van der Waals surface area (Å²) in [6.07, 6.45) is 6.42. The van der Waals surface area contributed by atoms with Crippen LogP contribution in [0.1, 0.15) is 68.8 Å². The van der Waals surface area contributed by atoms with Crippen LogP contribution in [0.3, 0.4) is 0 Å². The Morgan fingerprint density at radius 2 is 1.68 bits per heavy atom. The van der Waals surface area contributed by atoms with Crippen LogP contribution in [0.15, 0.2) is 72.8 Å². The van der Waals surface area contributed by atoms with Gasteiger partial charge in [0.05, 0.1) is 31.2 Å². The maximum Gasteiger partial charge on any atom is 0.224 e. The zero-order valence-electron chi connectivity index (χ0n) is 24.2. The van der Waals surface area contributed by atoms with Crippen molar-refractivity contribution in [3.05, 3.63) is 89.7 Å². The molecule has 0 aliphatic rings. The number of aromatic nitrogens is 2. The number of benzene rings is 3. The van der Waals surface area contributed by atoms with E-state index in [9.17, 15) is 4.79 Å². The molecule has 0 aliphatic heterocycles. The minimum atomic E-state index is 0.0589. The molecule has 4 rings (SSSR count). The molecule has 40 heavy (non-hydrogen) atoms. The number of hydrogen-bond donors (Lipinski definition) is 1. The monoisotopic (exact) mass is 541 g/mol. The molecule has 0 aliphatic carbocycles. The number of fused-ring (bicyclic) bond motifs is 1. The number of para-hydroxylation sites is 3. The second kappa shape index (κ2) is 15.1. The first-order chi connectivity index (χ1) is 19.5. The number of imidazole rings is 1. The molecule has 212 valence electrons. The highest BCUT2D eigenvalue weighted by Gasteiger charge is 2.11. The molecule has 6 heteroatoms. The van der Waals surface area contributed by atoms with Gasteiger partial charge in [-0.25, -0.2) is 4.98 Å². The number of carbonyl (C=O) groups is 1. The van der Waals surface area contributed by atoms with Gasteiger partial charge in [-0.3, -0.25) is 4.79 Å². The van der Waals surface area contributed by atoms with Crippen LogP contribution in [0.4, 0.5) is 0 Å². The molecular formula is C34H43N3O3. The van der Waals surface area contributed by atoms with Crippen LogP contribution >= 0.6 is 0 Å². The molecule has 1 N–H and O–H groups in total. The topological polar surface area (TPSA) is 65.4 Å². The Kier molecular flexibility index (Phi) is 11.0. The molecule has 0 radical (unpaired) electrons. The number of amides is 1.